The van der Waals surface area contributed by atoms with Gasteiger partial charge in [0.2, 0.25) is 0 Å². The van der Waals surface area contributed by atoms with Gasteiger partial charge in [-0.1, -0.05) is 0 Å². The molecule has 0 atom stereocenters. The second-order valence-electron chi connectivity index (χ2n) is 3.42. The molecule has 2 aliphatic rings. The highest BCUT2D eigenvalue weighted by Crippen LogP contribution is 2.33. The molecule has 66 valence electrons. The van der Waals surface area contributed by atoms with Crippen molar-refractivity contribution in [2.75, 3.05) is 18.1 Å². The molecule has 0 saturated carbocycles. The second-order valence-corrected chi connectivity index (χ2v) is 4.65. The predicted octanol–water partition coefficient (Wildman–Crippen LogP) is 2.06. The molecule has 0 aliphatic carbocycles. The van der Waals surface area contributed by atoms with E-state index in [-0.39, 0.29) is 12.4 Å². The van der Waals surface area contributed by atoms with Gasteiger partial charge < -0.3 is 5.32 Å². The Balaban J connectivity index is 0.000000605. The van der Waals surface area contributed by atoms with Crippen LogP contribution in [0.15, 0.2) is 0 Å². The lowest BCUT2D eigenvalue weighted by atomic mass is 9.91. The van der Waals surface area contributed by atoms with E-state index in [1.807, 2.05) is 0 Å². The van der Waals surface area contributed by atoms with Gasteiger partial charge >= 0.3 is 0 Å². The quantitative estimate of drug-likeness (QED) is 0.632. The van der Waals surface area contributed by atoms with Crippen LogP contribution in [0.5, 0.6) is 0 Å². The Morgan fingerprint density at radius 2 is 1.82 bits per heavy atom. The van der Waals surface area contributed by atoms with E-state index in [0.717, 1.165) is 0 Å². The highest BCUT2D eigenvalue weighted by atomic mass is 35.5. The highest BCUT2D eigenvalue weighted by molar-refractivity contribution is 7.99. The molecule has 2 heterocycles. The first-order valence-corrected chi connectivity index (χ1v) is 5.40. The average Bonchev–Trinajstić information content (AvgIpc) is 2.39. The van der Waals surface area contributed by atoms with Gasteiger partial charge in [-0.05, 0) is 43.7 Å². The summed E-state index contributed by atoms with van der Waals surface area (Å²) in [6.45, 7) is 1.27. The van der Waals surface area contributed by atoms with Crippen LogP contribution in [-0.4, -0.2) is 23.6 Å². The van der Waals surface area contributed by atoms with Crippen LogP contribution in [-0.2, 0) is 0 Å². The maximum atomic E-state index is 3.66. The molecule has 0 unspecified atom stereocenters. The van der Waals surface area contributed by atoms with Gasteiger partial charge in [-0.25, -0.2) is 0 Å². The fraction of sp³-hybridized carbons (Fsp3) is 1.00. The van der Waals surface area contributed by atoms with Gasteiger partial charge in [0, 0.05) is 5.54 Å². The molecule has 2 rings (SSSR count). The number of hydrogen-bond acceptors (Lipinski definition) is 2. The Kier molecular flexibility index (Phi) is 3.53. The van der Waals surface area contributed by atoms with E-state index in [1.54, 1.807) is 0 Å². The van der Waals surface area contributed by atoms with E-state index in [9.17, 15) is 0 Å². The van der Waals surface area contributed by atoms with Gasteiger partial charge in [-0.3, -0.25) is 0 Å². The van der Waals surface area contributed by atoms with E-state index in [1.165, 1.54) is 43.7 Å². The van der Waals surface area contributed by atoms with Crippen LogP contribution in [0.2, 0.25) is 0 Å². The monoisotopic (exact) mass is 193 g/mol. The van der Waals surface area contributed by atoms with Gasteiger partial charge in [0.25, 0.3) is 0 Å². The fourth-order valence-corrected chi connectivity index (χ4v) is 3.33. The summed E-state index contributed by atoms with van der Waals surface area (Å²) in [5.74, 6) is 2.76. The highest BCUT2D eigenvalue weighted by Gasteiger charge is 2.34. The van der Waals surface area contributed by atoms with Crippen LogP contribution in [0.3, 0.4) is 0 Å². The summed E-state index contributed by atoms with van der Waals surface area (Å²) >= 11 is 2.12. The molecule has 0 radical (unpaired) electrons. The number of rotatable bonds is 0. The Bertz CT molecular complexity index is 115. The Hall–Kier alpha value is 0.600. The Morgan fingerprint density at radius 1 is 1.09 bits per heavy atom. The van der Waals surface area contributed by atoms with Gasteiger partial charge in [0.15, 0.2) is 0 Å². The zero-order chi connectivity index (χ0) is 6.86. The third-order valence-electron chi connectivity index (χ3n) is 2.78. The number of thioether (sulfide) groups is 1. The molecule has 1 nitrogen and oxygen atoms in total. The number of nitrogens with one attached hydrogen (secondary N) is 1. The van der Waals surface area contributed by atoms with E-state index >= 15 is 0 Å². The van der Waals surface area contributed by atoms with Crippen molar-refractivity contribution in [1.82, 2.24) is 5.32 Å². The van der Waals surface area contributed by atoms with Gasteiger partial charge in [0.05, 0.1) is 0 Å². The molecule has 11 heavy (non-hydrogen) atoms. The standard InChI is InChI=1S/C8H15NS.ClH/c1-2-8(9-5-1)3-6-10-7-4-8;/h9H,1-7H2;1H. The average molecular weight is 194 g/mol. The minimum Gasteiger partial charge on any atom is -0.311 e. The first kappa shape index (κ1) is 9.69. The van der Waals surface area contributed by atoms with Crippen molar-refractivity contribution in [2.24, 2.45) is 0 Å². The van der Waals surface area contributed by atoms with E-state index in [4.69, 9.17) is 0 Å². The summed E-state index contributed by atoms with van der Waals surface area (Å²) in [5, 5.41) is 3.66. The molecule has 0 bridgehead atoms. The molecule has 0 amide bonds. The van der Waals surface area contributed by atoms with Crippen molar-refractivity contribution in [3.8, 4) is 0 Å². The minimum atomic E-state index is 0. The first-order chi connectivity index (χ1) is 4.91. The van der Waals surface area contributed by atoms with Crippen LogP contribution in [0.25, 0.3) is 0 Å². The van der Waals surface area contributed by atoms with Gasteiger partial charge in [-0.2, -0.15) is 11.8 Å². The molecule has 3 heteroatoms. The van der Waals surface area contributed by atoms with E-state index < -0.39 is 0 Å². The molecule has 2 saturated heterocycles. The molecule has 1 N–H and O–H groups in total. The molecule has 2 aliphatic heterocycles. The third kappa shape index (κ3) is 2.04. The molecule has 0 aromatic carbocycles. The summed E-state index contributed by atoms with van der Waals surface area (Å²) in [7, 11) is 0. The molecular weight excluding hydrogens is 178 g/mol. The molecule has 0 aromatic rings. The number of hydrogen-bond donors (Lipinski definition) is 1. The van der Waals surface area contributed by atoms with Gasteiger partial charge in [-0.15, -0.1) is 12.4 Å². The van der Waals surface area contributed by atoms with Crippen molar-refractivity contribution in [1.29, 1.82) is 0 Å². The van der Waals surface area contributed by atoms with Crippen LogP contribution in [0.4, 0.5) is 0 Å². The van der Waals surface area contributed by atoms with Crippen LogP contribution in [0, 0.1) is 0 Å². The summed E-state index contributed by atoms with van der Waals surface area (Å²) < 4.78 is 0. The summed E-state index contributed by atoms with van der Waals surface area (Å²) in [4.78, 5) is 0. The summed E-state index contributed by atoms with van der Waals surface area (Å²) in [6, 6.07) is 0. The first-order valence-electron chi connectivity index (χ1n) is 4.24. The normalized spacial score (nSPS) is 28.4. The van der Waals surface area contributed by atoms with E-state index in [0.29, 0.717) is 5.54 Å². The van der Waals surface area contributed by atoms with Crippen LogP contribution in [0.1, 0.15) is 25.7 Å². The van der Waals surface area contributed by atoms with Gasteiger partial charge in [0.1, 0.15) is 0 Å². The summed E-state index contributed by atoms with van der Waals surface area (Å²) in [5.41, 5.74) is 0.602. The third-order valence-corrected chi connectivity index (χ3v) is 3.77. The molecule has 2 fully saturated rings. The van der Waals surface area contributed by atoms with Crippen molar-refractivity contribution < 1.29 is 0 Å². The zero-order valence-corrected chi connectivity index (χ0v) is 8.40. The molecule has 0 aromatic heterocycles. The Labute approximate surface area is 79.1 Å². The Morgan fingerprint density at radius 3 is 2.36 bits per heavy atom. The topological polar surface area (TPSA) is 12.0 Å². The zero-order valence-electron chi connectivity index (χ0n) is 6.77. The van der Waals surface area contributed by atoms with Crippen molar-refractivity contribution in [3.63, 3.8) is 0 Å². The minimum absolute atomic E-state index is 0. The summed E-state index contributed by atoms with van der Waals surface area (Å²) in [6.07, 6.45) is 5.67. The van der Waals surface area contributed by atoms with Crippen LogP contribution < -0.4 is 5.32 Å². The lowest BCUT2D eigenvalue weighted by molar-refractivity contribution is 0.349. The lowest BCUT2D eigenvalue weighted by Crippen LogP contribution is -2.42. The number of halogens is 1. The van der Waals surface area contributed by atoms with Crippen molar-refractivity contribution >= 4 is 24.2 Å². The SMILES string of the molecule is C1CNC2(C1)CCSCC2.Cl. The smallest absolute Gasteiger partial charge is 0.0197 e. The lowest BCUT2D eigenvalue weighted by Gasteiger charge is -2.33. The van der Waals surface area contributed by atoms with E-state index in [2.05, 4.69) is 17.1 Å². The second kappa shape index (κ2) is 4.01. The van der Waals surface area contributed by atoms with Crippen LogP contribution >= 0.6 is 24.2 Å². The van der Waals surface area contributed by atoms with Crippen molar-refractivity contribution in [3.05, 3.63) is 0 Å². The fourth-order valence-electron chi connectivity index (χ4n) is 2.06. The predicted molar refractivity (Wildman–Crippen MR) is 53.8 cm³/mol. The molecule has 1 spiro atoms. The van der Waals surface area contributed by atoms with Crippen molar-refractivity contribution in [2.45, 2.75) is 31.2 Å². The maximum Gasteiger partial charge on any atom is 0.0197 e. The maximum absolute atomic E-state index is 3.66. The molecular formula is C8H16ClNS. The largest absolute Gasteiger partial charge is 0.311 e.